The number of methoxy groups -OCH3 is 1. The van der Waals surface area contributed by atoms with Gasteiger partial charge in [-0.25, -0.2) is 0 Å². The van der Waals surface area contributed by atoms with Crippen molar-refractivity contribution >= 4 is 0 Å². The van der Waals surface area contributed by atoms with Crippen LogP contribution in [0.5, 0.6) is 0 Å². The molecule has 1 N–H and O–H groups in total. The Morgan fingerprint density at radius 2 is 1.62 bits per heavy atom. The molecule has 2 heteroatoms. The number of ether oxygens (including phenoxy) is 1. The van der Waals surface area contributed by atoms with Gasteiger partial charge in [0, 0.05) is 13.7 Å². The fourth-order valence-corrected chi connectivity index (χ4v) is 5.12. The Labute approximate surface area is 98.4 Å². The number of aliphatic hydroxyl groups is 1. The Morgan fingerprint density at radius 3 is 2.06 bits per heavy atom. The van der Waals surface area contributed by atoms with Gasteiger partial charge in [-0.3, -0.25) is 0 Å². The van der Waals surface area contributed by atoms with Crippen LogP contribution >= 0.6 is 0 Å². The molecule has 4 rings (SSSR count). The largest absolute Gasteiger partial charge is 0.392 e. The first kappa shape index (κ1) is 11.0. The molecular formula is C14H24O2. The van der Waals surface area contributed by atoms with E-state index in [0.29, 0.717) is 6.61 Å². The molecule has 0 aromatic carbocycles. The third-order valence-corrected chi connectivity index (χ3v) is 5.39. The van der Waals surface area contributed by atoms with E-state index in [1.807, 2.05) is 0 Å². The van der Waals surface area contributed by atoms with Gasteiger partial charge in [-0.1, -0.05) is 0 Å². The van der Waals surface area contributed by atoms with E-state index in [9.17, 15) is 5.11 Å². The van der Waals surface area contributed by atoms with Gasteiger partial charge in [0.1, 0.15) is 0 Å². The van der Waals surface area contributed by atoms with Gasteiger partial charge in [-0.05, 0) is 68.1 Å². The first-order valence-electron chi connectivity index (χ1n) is 6.89. The lowest BCUT2D eigenvalue weighted by Crippen LogP contribution is -2.51. The van der Waals surface area contributed by atoms with Crippen molar-refractivity contribution in [3.8, 4) is 0 Å². The molecule has 16 heavy (non-hydrogen) atoms. The number of rotatable bonds is 4. The molecule has 0 spiro atoms. The monoisotopic (exact) mass is 224 g/mol. The molecule has 4 fully saturated rings. The van der Waals surface area contributed by atoms with Crippen LogP contribution in [0.15, 0.2) is 0 Å². The molecule has 0 heterocycles. The number of hydrogen-bond donors (Lipinski definition) is 1. The summed E-state index contributed by atoms with van der Waals surface area (Å²) in [6, 6.07) is 0. The number of aliphatic hydroxyl groups excluding tert-OH is 1. The van der Waals surface area contributed by atoms with Gasteiger partial charge in [0.05, 0.1) is 6.10 Å². The molecule has 2 nitrogen and oxygen atoms in total. The van der Waals surface area contributed by atoms with E-state index in [1.165, 1.54) is 38.5 Å². The molecule has 0 radical (unpaired) electrons. The van der Waals surface area contributed by atoms with Crippen molar-refractivity contribution in [2.75, 3.05) is 13.7 Å². The van der Waals surface area contributed by atoms with Crippen LogP contribution in [0.3, 0.4) is 0 Å². The topological polar surface area (TPSA) is 29.5 Å². The predicted molar refractivity (Wildman–Crippen MR) is 63.1 cm³/mol. The molecule has 0 aliphatic heterocycles. The van der Waals surface area contributed by atoms with Crippen LogP contribution in [0, 0.1) is 23.2 Å². The van der Waals surface area contributed by atoms with Crippen LogP contribution in [0.2, 0.25) is 0 Å². The van der Waals surface area contributed by atoms with E-state index in [0.717, 1.165) is 24.2 Å². The minimum Gasteiger partial charge on any atom is -0.392 e. The average molecular weight is 224 g/mol. The Balaban J connectivity index is 1.72. The first-order valence-corrected chi connectivity index (χ1v) is 6.89. The van der Waals surface area contributed by atoms with E-state index in [1.54, 1.807) is 7.11 Å². The van der Waals surface area contributed by atoms with Crippen LogP contribution in [-0.2, 0) is 4.74 Å². The summed E-state index contributed by atoms with van der Waals surface area (Å²) in [4.78, 5) is 0. The standard InChI is InChI=1S/C14H24O2/c1-16-3-2-13(15)14-7-10-4-11(8-14)6-12(5-10)9-14/h10-13,15H,2-9H2,1H3. The fourth-order valence-electron chi connectivity index (χ4n) is 5.12. The zero-order chi connectivity index (χ0) is 11.2. The molecule has 4 saturated carbocycles. The van der Waals surface area contributed by atoms with E-state index in [4.69, 9.17) is 4.74 Å². The zero-order valence-corrected chi connectivity index (χ0v) is 10.3. The van der Waals surface area contributed by atoms with Gasteiger partial charge in [0.15, 0.2) is 0 Å². The van der Waals surface area contributed by atoms with Crippen LogP contribution in [0.4, 0.5) is 0 Å². The van der Waals surface area contributed by atoms with Crippen molar-refractivity contribution in [1.29, 1.82) is 0 Å². The van der Waals surface area contributed by atoms with E-state index in [2.05, 4.69) is 0 Å². The number of hydrogen-bond acceptors (Lipinski definition) is 2. The predicted octanol–water partition coefficient (Wildman–Crippen LogP) is 2.60. The zero-order valence-electron chi connectivity index (χ0n) is 10.3. The van der Waals surface area contributed by atoms with Crippen molar-refractivity contribution in [2.45, 2.75) is 51.0 Å². The molecule has 4 aliphatic rings. The minimum atomic E-state index is -0.110. The normalized spacial score (nSPS) is 47.2. The molecule has 4 bridgehead atoms. The SMILES string of the molecule is COCCC(O)C12CC3CC(CC(C3)C1)C2. The highest BCUT2D eigenvalue weighted by Crippen LogP contribution is 2.61. The molecule has 0 saturated heterocycles. The summed E-state index contributed by atoms with van der Waals surface area (Å²) in [6.45, 7) is 0.711. The van der Waals surface area contributed by atoms with Crippen molar-refractivity contribution in [2.24, 2.45) is 23.2 Å². The summed E-state index contributed by atoms with van der Waals surface area (Å²) in [5.74, 6) is 2.80. The minimum absolute atomic E-state index is 0.110. The van der Waals surface area contributed by atoms with Gasteiger partial charge in [-0.15, -0.1) is 0 Å². The van der Waals surface area contributed by atoms with Crippen LogP contribution in [-0.4, -0.2) is 24.9 Å². The maximum atomic E-state index is 10.5. The van der Waals surface area contributed by atoms with Gasteiger partial charge in [0.25, 0.3) is 0 Å². The van der Waals surface area contributed by atoms with Crippen LogP contribution in [0.1, 0.15) is 44.9 Å². The second-order valence-electron chi connectivity index (χ2n) is 6.58. The Kier molecular flexibility index (Phi) is 2.75. The molecule has 0 aromatic heterocycles. The highest BCUT2D eigenvalue weighted by Gasteiger charge is 2.53. The first-order chi connectivity index (χ1) is 7.72. The molecule has 4 aliphatic carbocycles. The van der Waals surface area contributed by atoms with E-state index in [-0.39, 0.29) is 11.5 Å². The highest BCUT2D eigenvalue weighted by atomic mass is 16.5. The van der Waals surface area contributed by atoms with Crippen LogP contribution in [0.25, 0.3) is 0 Å². The van der Waals surface area contributed by atoms with E-state index >= 15 is 0 Å². The molecular weight excluding hydrogens is 200 g/mol. The third kappa shape index (κ3) is 1.70. The van der Waals surface area contributed by atoms with Crippen molar-refractivity contribution < 1.29 is 9.84 Å². The van der Waals surface area contributed by atoms with Crippen molar-refractivity contribution in [3.05, 3.63) is 0 Å². The summed E-state index contributed by atoms with van der Waals surface area (Å²) in [5, 5.41) is 10.5. The highest BCUT2D eigenvalue weighted by molar-refractivity contribution is 5.04. The maximum Gasteiger partial charge on any atom is 0.0618 e. The summed E-state index contributed by atoms with van der Waals surface area (Å²) < 4.78 is 5.12. The third-order valence-electron chi connectivity index (χ3n) is 5.39. The van der Waals surface area contributed by atoms with Gasteiger partial charge in [0.2, 0.25) is 0 Å². The average Bonchev–Trinajstić information content (AvgIpc) is 2.24. The van der Waals surface area contributed by atoms with E-state index < -0.39 is 0 Å². The second kappa shape index (κ2) is 3.99. The summed E-state index contributed by atoms with van der Waals surface area (Å²) in [6.07, 6.45) is 8.98. The maximum absolute atomic E-state index is 10.5. The Hall–Kier alpha value is -0.0800. The van der Waals surface area contributed by atoms with Crippen molar-refractivity contribution in [1.82, 2.24) is 0 Å². The van der Waals surface area contributed by atoms with Crippen LogP contribution < -0.4 is 0 Å². The quantitative estimate of drug-likeness (QED) is 0.795. The lowest BCUT2D eigenvalue weighted by atomic mass is 9.48. The smallest absolute Gasteiger partial charge is 0.0618 e. The Morgan fingerprint density at radius 1 is 1.12 bits per heavy atom. The lowest BCUT2D eigenvalue weighted by Gasteiger charge is -2.58. The molecule has 0 aromatic rings. The second-order valence-corrected chi connectivity index (χ2v) is 6.58. The van der Waals surface area contributed by atoms with Gasteiger partial charge >= 0.3 is 0 Å². The molecule has 92 valence electrons. The van der Waals surface area contributed by atoms with Crippen molar-refractivity contribution in [3.63, 3.8) is 0 Å². The summed E-state index contributed by atoms with van der Waals surface area (Å²) in [7, 11) is 1.73. The van der Waals surface area contributed by atoms with Gasteiger partial charge < -0.3 is 9.84 Å². The summed E-state index contributed by atoms with van der Waals surface area (Å²) in [5.41, 5.74) is 0.285. The van der Waals surface area contributed by atoms with Gasteiger partial charge in [-0.2, -0.15) is 0 Å². The summed E-state index contributed by atoms with van der Waals surface area (Å²) >= 11 is 0. The molecule has 1 atom stereocenters. The fraction of sp³-hybridized carbons (Fsp3) is 1.00. The Bertz CT molecular complexity index is 226. The lowest BCUT2D eigenvalue weighted by molar-refractivity contribution is -0.125. The molecule has 1 unspecified atom stereocenters. The molecule has 0 amide bonds.